The van der Waals surface area contributed by atoms with Crippen molar-refractivity contribution in [3.63, 3.8) is 0 Å². The first-order valence-corrected chi connectivity index (χ1v) is 10.7. The van der Waals surface area contributed by atoms with E-state index in [4.69, 9.17) is 4.74 Å². The van der Waals surface area contributed by atoms with Crippen molar-refractivity contribution in [3.05, 3.63) is 95.2 Å². The van der Waals surface area contributed by atoms with Crippen molar-refractivity contribution < 1.29 is 22.7 Å². The zero-order chi connectivity index (χ0) is 23.8. The fourth-order valence-corrected chi connectivity index (χ4v) is 4.06. The summed E-state index contributed by atoms with van der Waals surface area (Å²) in [5.41, 5.74) is 3.33. The van der Waals surface area contributed by atoms with Crippen LogP contribution < -0.4 is 0 Å². The number of benzene rings is 2. The third-order valence-corrected chi connectivity index (χ3v) is 5.84. The molecule has 6 nitrogen and oxygen atoms in total. The number of carbonyl (C=O) groups is 1. The average molecular weight is 466 g/mol. The van der Waals surface area contributed by atoms with E-state index in [0.29, 0.717) is 29.8 Å². The zero-order valence-corrected chi connectivity index (χ0v) is 18.3. The topological polar surface area (TPSA) is 63.1 Å². The van der Waals surface area contributed by atoms with Crippen LogP contribution >= 0.6 is 0 Å². The molecule has 1 aliphatic heterocycles. The SMILES string of the molecule is Cc1ccc(CCN2C(=O)COC2c2cn(-c3cc(F)cc(F)c3)nc2-c2cc[nH]c2)cc1F. The first-order chi connectivity index (χ1) is 16.4. The van der Waals surface area contributed by atoms with Gasteiger partial charge in [0.1, 0.15) is 29.8 Å². The van der Waals surface area contributed by atoms with Crippen LogP contribution in [0.3, 0.4) is 0 Å². The van der Waals surface area contributed by atoms with Gasteiger partial charge in [-0.1, -0.05) is 12.1 Å². The van der Waals surface area contributed by atoms with Crippen molar-refractivity contribution in [2.24, 2.45) is 0 Å². The highest BCUT2D eigenvalue weighted by Crippen LogP contribution is 2.35. The van der Waals surface area contributed by atoms with Gasteiger partial charge in [-0.05, 0) is 48.7 Å². The van der Waals surface area contributed by atoms with Gasteiger partial charge in [-0.25, -0.2) is 17.9 Å². The normalized spacial score (nSPS) is 15.9. The van der Waals surface area contributed by atoms with Crippen molar-refractivity contribution in [3.8, 4) is 16.9 Å². The molecule has 0 radical (unpaired) electrons. The minimum Gasteiger partial charge on any atom is -0.367 e. The number of carbonyl (C=O) groups excluding carboxylic acids is 1. The molecule has 1 unspecified atom stereocenters. The van der Waals surface area contributed by atoms with E-state index in [1.807, 2.05) is 6.07 Å². The minimum absolute atomic E-state index is 0.112. The lowest BCUT2D eigenvalue weighted by Crippen LogP contribution is -2.30. The van der Waals surface area contributed by atoms with Crippen molar-refractivity contribution in [1.29, 1.82) is 0 Å². The molecule has 1 fully saturated rings. The fraction of sp³-hybridized carbons (Fsp3) is 0.200. The first kappa shape index (κ1) is 22.0. The highest BCUT2D eigenvalue weighted by Gasteiger charge is 2.36. The van der Waals surface area contributed by atoms with Gasteiger partial charge >= 0.3 is 0 Å². The monoisotopic (exact) mass is 466 g/mol. The van der Waals surface area contributed by atoms with E-state index in [9.17, 15) is 18.0 Å². The maximum atomic E-state index is 14.0. The van der Waals surface area contributed by atoms with Crippen LogP contribution in [0.2, 0.25) is 0 Å². The lowest BCUT2D eigenvalue weighted by Gasteiger charge is -2.23. The standard InChI is InChI=1S/C25H21F3N4O2/c1-15-2-3-16(8-22(15)28)5-7-31-23(33)14-34-25(31)21-13-32(20-10-18(26)9-19(27)11-20)30-24(21)17-4-6-29-12-17/h2-4,6,8-13,25,29H,5,7,14H2,1H3. The Morgan fingerprint density at radius 1 is 1.12 bits per heavy atom. The van der Waals surface area contributed by atoms with Gasteiger partial charge in [0.2, 0.25) is 0 Å². The number of halogens is 3. The number of nitrogens with zero attached hydrogens (tertiary/aromatic N) is 3. The molecule has 4 aromatic rings. The number of hydrogen-bond acceptors (Lipinski definition) is 3. The van der Waals surface area contributed by atoms with Gasteiger partial charge in [-0.2, -0.15) is 5.10 Å². The van der Waals surface area contributed by atoms with Crippen LogP contribution in [0.1, 0.15) is 22.9 Å². The second-order valence-electron chi connectivity index (χ2n) is 8.19. The Labute approximate surface area is 193 Å². The Hall–Kier alpha value is -3.85. The van der Waals surface area contributed by atoms with Gasteiger partial charge < -0.3 is 14.6 Å². The third kappa shape index (κ3) is 4.22. The molecule has 174 valence electrons. The predicted molar refractivity (Wildman–Crippen MR) is 119 cm³/mol. The molecule has 9 heteroatoms. The van der Waals surface area contributed by atoms with Crippen molar-refractivity contribution in [2.75, 3.05) is 13.2 Å². The first-order valence-electron chi connectivity index (χ1n) is 10.7. The smallest absolute Gasteiger partial charge is 0.250 e. The zero-order valence-electron chi connectivity index (χ0n) is 18.3. The second-order valence-corrected chi connectivity index (χ2v) is 8.19. The molecular formula is C25H21F3N4O2. The van der Waals surface area contributed by atoms with E-state index in [1.165, 1.54) is 22.9 Å². The molecule has 34 heavy (non-hydrogen) atoms. The summed E-state index contributed by atoms with van der Waals surface area (Å²) in [6.07, 6.45) is 4.76. The molecule has 0 bridgehead atoms. The molecule has 1 saturated heterocycles. The van der Waals surface area contributed by atoms with E-state index >= 15 is 0 Å². The lowest BCUT2D eigenvalue weighted by molar-refractivity contribution is -0.128. The Kier molecular flexibility index (Phi) is 5.70. The van der Waals surface area contributed by atoms with Gasteiger partial charge in [0, 0.05) is 42.3 Å². The van der Waals surface area contributed by atoms with Crippen LogP contribution in [0.4, 0.5) is 13.2 Å². The number of nitrogens with one attached hydrogen (secondary N) is 1. The van der Waals surface area contributed by atoms with Crippen LogP contribution in [0.5, 0.6) is 0 Å². The number of H-pyrrole nitrogens is 1. The molecule has 1 N–H and O–H groups in total. The Morgan fingerprint density at radius 2 is 1.91 bits per heavy atom. The summed E-state index contributed by atoms with van der Waals surface area (Å²) in [4.78, 5) is 17.2. The summed E-state index contributed by atoms with van der Waals surface area (Å²) >= 11 is 0. The summed E-state index contributed by atoms with van der Waals surface area (Å²) in [5, 5.41) is 4.54. The highest BCUT2D eigenvalue weighted by molar-refractivity contribution is 5.80. The van der Waals surface area contributed by atoms with E-state index in [1.54, 1.807) is 42.5 Å². The van der Waals surface area contributed by atoms with Gasteiger partial charge in [-0.3, -0.25) is 4.79 Å². The number of aryl methyl sites for hydroxylation is 1. The predicted octanol–water partition coefficient (Wildman–Crippen LogP) is 4.69. The van der Waals surface area contributed by atoms with Crippen molar-refractivity contribution in [2.45, 2.75) is 19.6 Å². The van der Waals surface area contributed by atoms with Gasteiger partial charge in [0.15, 0.2) is 6.23 Å². The molecule has 0 aliphatic carbocycles. The van der Waals surface area contributed by atoms with Crippen molar-refractivity contribution in [1.82, 2.24) is 19.7 Å². The second kappa shape index (κ2) is 8.83. The van der Waals surface area contributed by atoms with E-state index < -0.39 is 17.9 Å². The molecule has 2 aromatic heterocycles. The number of amides is 1. The average Bonchev–Trinajstić information content (AvgIpc) is 3.53. The van der Waals surface area contributed by atoms with E-state index in [0.717, 1.165) is 17.2 Å². The highest BCUT2D eigenvalue weighted by atomic mass is 19.1. The third-order valence-electron chi connectivity index (χ3n) is 5.84. The van der Waals surface area contributed by atoms with Crippen LogP contribution in [-0.2, 0) is 16.0 Å². The molecule has 2 aromatic carbocycles. The van der Waals surface area contributed by atoms with Crippen LogP contribution in [-0.4, -0.2) is 38.7 Å². The summed E-state index contributed by atoms with van der Waals surface area (Å²) in [6.45, 7) is 1.88. The lowest BCUT2D eigenvalue weighted by atomic mass is 10.1. The van der Waals surface area contributed by atoms with E-state index in [2.05, 4.69) is 10.1 Å². The maximum Gasteiger partial charge on any atom is 0.250 e. The minimum atomic E-state index is -0.750. The van der Waals surface area contributed by atoms with Gasteiger partial charge in [-0.15, -0.1) is 0 Å². The Morgan fingerprint density at radius 3 is 2.62 bits per heavy atom. The molecule has 1 amide bonds. The Balaban J connectivity index is 1.49. The van der Waals surface area contributed by atoms with Crippen LogP contribution in [0.15, 0.2) is 61.1 Å². The fourth-order valence-electron chi connectivity index (χ4n) is 4.06. The molecule has 0 spiro atoms. The van der Waals surface area contributed by atoms with Gasteiger partial charge in [0.05, 0.1) is 5.69 Å². The van der Waals surface area contributed by atoms with Crippen LogP contribution in [0.25, 0.3) is 16.9 Å². The number of aromatic amines is 1. The molecule has 1 aliphatic rings. The summed E-state index contributed by atoms with van der Waals surface area (Å²) in [7, 11) is 0. The van der Waals surface area contributed by atoms with Crippen molar-refractivity contribution >= 4 is 5.91 Å². The van der Waals surface area contributed by atoms with Crippen LogP contribution in [0, 0.1) is 24.4 Å². The molecule has 0 saturated carbocycles. The number of ether oxygens (including phenoxy) is 1. The van der Waals surface area contributed by atoms with E-state index in [-0.39, 0.29) is 24.0 Å². The molecular weight excluding hydrogens is 445 g/mol. The summed E-state index contributed by atoms with van der Waals surface area (Å²) in [5.74, 6) is -1.96. The maximum absolute atomic E-state index is 14.0. The Bertz CT molecular complexity index is 1330. The summed E-state index contributed by atoms with van der Waals surface area (Å²) < 4.78 is 48.8. The number of rotatable bonds is 6. The summed E-state index contributed by atoms with van der Waals surface area (Å²) in [6, 6.07) is 9.94. The quantitative estimate of drug-likeness (QED) is 0.448. The van der Waals surface area contributed by atoms with Gasteiger partial charge in [0.25, 0.3) is 5.91 Å². The molecule has 5 rings (SSSR count). The largest absolute Gasteiger partial charge is 0.367 e. The molecule has 3 heterocycles. The number of hydrogen-bond donors (Lipinski definition) is 1. The molecule has 1 atom stereocenters. The number of aromatic nitrogens is 3.